The molecule has 0 radical (unpaired) electrons. The molecule has 0 saturated carbocycles. The molecule has 0 unspecified atom stereocenters. The molecule has 0 bridgehead atoms. The number of anilines is 1. The van der Waals surface area contributed by atoms with Crippen molar-refractivity contribution in [3.8, 4) is 0 Å². The number of piperidine rings is 1. The van der Waals surface area contributed by atoms with Gasteiger partial charge in [-0.15, -0.1) is 11.3 Å². The van der Waals surface area contributed by atoms with Crippen molar-refractivity contribution in [3.05, 3.63) is 11.1 Å². The number of thiazole rings is 1. The highest BCUT2D eigenvalue weighted by Gasteiger charge is 2.20. The molecule has 0 atom stereocenters. The lowest BCUT2D eigenvalue weighted by molar-refractivity contribution is 0.223. The Bertz CT molecular complexity index is 289. The third kappa shape index (κ3) is 2.07. The Morgan fingerprint density at radius 1 is 1.57 bits per heavy atom. The van der Waals surface area contributed by atoms with Crippen molar-refractivity contribution >= 4 is 16.5 Å². The Morgan fingerprint density at radius 3 is 2.79 bits per heavy atom. The van der Waals surface area contributed by atoms with Gasteiger partial charge < -0.3 is 10.6 Å². The third-order valence-corrected chi connectivity index (χ3v) is 3.97. The summed E-state index contributed by atoms with van der Waals surface area (Å²) in [6.45, 7) is 5.85. The van der Waals surface area contributed by atoms with E-state index in [1.807, 2.05) is 6.20 Å². The number of hydrogen-bond donors (Lipinski definition) is 1. The predicted octanol–water partition coefficient (Wildman–Crippen LogP) is 1.92. The molecule has 4 heteroatoms. The fraction of sp³-hybridized carbons (Fsp3) is 0.700. The zero-order valence-electron chi connectivity index (χ0n) is 8.57. The van der Waals surface area contributed by atoms with E-state index >= 15 is 0 Å². The Morgan fingerprint density at radius 2 is 2.29 bits per heavy atom. The first kappa shape index (κ1) is 9.93. The first-order valence-corrected chi connectivity index (χ1v) is 6.04. The van der Waals surface area contributed by atoms with Gasteiger partial charge in [-0.1, -0.05) is 6.92 Å². The summed E-state index contributed by atoms with van der Waals surface area (Å²) < 4.78 is 0. The molecule has 0 amide bonds. The summed E-state index contributed by atoms with van der Waals surface area (Å²) in [6.07, 6.45) is 4.47. The lowest BCUT2D eigenvalue weighted by Gasteiger charge is -2.30. The first-order valence-electron chi connectivity index (χ1n) is 5.23. The zero-order valence-corrected chi connectivity index (χ0v) is 9.39. The van der Waals surface area contributed by atoms with Gasteiger partial charge in [-0.3, -0.25) is 0 Å². The van der Waals surface area contributed by atoms with Gasteiger partial charge in [0.1, 0.15) is 0 Å². The molecule has 2 heterocycles. The van der Waals surface area contributed by atoms with Crippen LogP contribution in [0.1, 0.15) is 30.6 Å². The van der Waals surface area contributed by atoms with Crippen LogP contribution in [0.5, 0.6) is 0 Å². The average molecular weight is 211 g/mol. The van der Waals surface area contributed by atoms with Crippen LogP contribution in [0.3, 0.4) is 0 Å². The van der Waals surface area contributed by atoms with Crippen molar-refractivity contribution < 1.29 is 0 Å². The molecule has 1 aromatic rings. The Kier molecular flexibility index (Phi) is 3.03. The molecule has 2 rings (SSSR count). The minimum absolute atomic E-state index is 0.701. The number of nitrogens with zero attached hydrogens (tertiary/aromatic N) is 2. The van der Waals surface area contributed by atoms with Gasteiger partial charge in [0.05, 0.1) is 0 Å². The van der Waals surface area contributed by atoms with E-state index < -0.39 is 0 Å². The van der Waals surface area contributed by atoms with Gasteiger partial charge in [0, 0.05) is 11.1 Å². The monoisotopic (exact) mass is 211 g/mol. The lowest BCUT2D eigenvalue weighted by Crippen LogP contribution is -2.32. The highest BCUT2D eigenvalue weighted by molar-refractivity contribution is 7.15. The van der Waals surface area contributed by atoms with Crippen molar-refractivity contribution in [1.82, 2.24) is 9.88 Å². The number of nitrogen functional groups attached to an aromatic ring is 1. The number of rotatable bonds is 2. The Labute approximate surface area is 88.9 Å². The van der Waals surface area contributed by atoms with Crippen LogP contribution < -0.4 is 5.73 Å². The molecule has 1 saturated heterocycles. The molecule has 0 aliphatic carbocycles. The summed E-state index contributed by atoms with van der Waals surface area (Å²) in [5, 5.41) is 0.706. The maximum absolute atomic E-state index is 5.64. The molecule has 0 spiro atoms. The molecule has 78 valence electrons. The van der Waals surface area contributed by atoms with E-state index in [1.165, 1.54) is 37.4 Å². The number of hydrogen-bond acceptors (Lipinski definition) is 4. The summed E-state index contributed by atoms with van der Waals surface area (Å²) in [4.78, 5) is 7.99. The molecule has 1 aromatic heterocycles. The van der Waals surface area contributed by atoms with E-state index in [9.17, 15) is 0 Å². The van der Waals surface area contributed by atoms with Gasteiger partial charge in [-0.25, -0.2) is 4.98 Å². The first-order chi connectivity index (χ1) is 6.79. The van der Waals surface area contributed by atoms with E-state index in [-0.39, 0.29) is 0 Å². The fourth-order valence-corrected chi connectivity index (χ4v) is 2.88. The Balaban J connectivity index is 1.95. The summed E-state index contributed by atoms with van der Waals surface area (Å²) >= 11 is 1.65. The SMILES string of the molecule is CCN1CCC(c2cnc(N)s2)CC1. The van der Waals surface area contributed by atoms with Crippen molar-refractivity contribution in [3.63, 3.8) is 0 Å². The van der Waals surface area contributed by atoms with Crippen LogP contribution in [0.2, 0.25) is 0 Å². The minimum Gasteiger partial charge on any atom is -0.375 e. The predicted molar refractivity (Wildman–Crippen MR) is 60.6 cm³/mol. The fourth-order valence-electron chi connectivity index (χ4n) is 2.02. The van der Waals surface area contributed by atoms with E-state index in [2.05, 4.69) is 16.8 Å². The van der Waals surface area contributed by atoms with E-state index in [0.717, 1.165) is 0 Å². The molecular formula is C10H17N3S. The zero-order chi connectivity index (χ0) is 9.97. The molecular weight excluding hydrogens is 194 g/mol. The van der Waals surface area contributed by atoms with Crippen molar-refractivity contribution in [2.45, 2.75) is 25.7 Å². The van der Waals surface area contributed by atoms with E-state index in [0.29, 0.717) is 11.0 Å². The number of likely N-dealkylation sites (tertiary alicyclic amines) is 1. The van der Waals surface area contributed by atoms with Crippen LogP contribution in [0, 0.1) is 0 Å². The van der Waals surface area contributed by atoms with Crippen LogP contribution in [-0.4, -0.2) is 29.5 Å². The molecule has 0 aromatic carbocycles. The smallest absolute Gasteiger partial charge is 0.180 e. The molecule has 2 N–H and O–H groups in total. The van der Waals surface area contributed by atoms with Gasteiger partial charge in [-0.2, -0.15) is 0 Å². The Hall–Kier alpha value is -0.610. The van der Waals surface area contributed by atoms with E-state index in [4.69, 9.17) is 5.73 Å². The van der Waals surface area contributed by atoms with Crippen LogP contribution in [0.4, 0.5) is 5.13 Å². The molecule has 3 nitrogen and oxygen atoms in total. The van der Waals surface area contributed by atoms with Crippen LogP contribution in [0.15, 0.2) is 6.20 Å². The van der Waals surface area contributed by atoms with Gasteiger partial charge in [0.15, 0.2) is 5.13 Å². The van der Waals surface area contributed by atoms with Crippen molar-refractivity contribution in [1.29, 1.82) is 0 Å². The summed E-state index contributed by atoms with van der Waals surface area (Å²) in [5.74, 6) is 0.701. The second kappa shape index (κ2) is 4.28. The quantitative estimate of drug-likeness (QED) is 0.812. The molecule has 1 fully saturated rings. The van der Waals surface area contributed by atoms with Gasteiger partial charge in [0.2, 0.25) is 0 Å². The number of nitrogens with two attached hydrogens (primary N) is 1. The maximum Gasteiger partial charge on any atom is 0.180 e. The topological polar surface area (TPSA) is 42.2 Å². The minimum atomic E-state index is 0.701. The highest BCUT2D eigenvalue weighted by Crippen LogP contribution is 2.32. The maximum atomic E-state index is 5.64. The third-order valence-electron chi connectivity index (χ3n) is 2.98. The van der Waals surface area contributed by atoms with Crippen LogP contribution >= 0.6 is 11.3 Å². The van der Waals surface area contributed by atoms with Gasteiger partial charge >= 0.3 is 0 Å². The molecule has 1 aliphatic rings. The second-order valence-corrected chi connectivity index (χ2v) is 4.90. The van der Waals surface area contributed by atoms with Crippen LogP contribution in [-0.2, 0) is 0 Å². The normalized spacial score (nSPS) is 20.1. The lowest BCUT2D eigenvalue weighted by atomic mass is 9.96. The standard InChI is InChI=1S/C10H17N3S/c1-2-13-5-3-8(4-6-13)9-7-12-10(11)14-9/h7-8H,2-6H2,1H3,(H2,11,12). The highest BCUT2D eigenvalue weighted by atomic mass is 32.1. The summed E-state index contributed by atoms with van der Waals surface area (Å²) in [5.41, 5.74) is 5.64. The average Bonchev–Trinajstić information content (AvgIpc) is 2.65. The summed E-state index contributed by atoms with van der Waals surface area (Å²) in [7, 11) is 0. The van der Waals surface area contributed by atoms with Crippen molar-refractivity contribution in [2.75, 3.05) is 25.4 Å². The molecule has 1 aliphatic heterocycles. The largest absolute Gasteiger partial charge is 0.375 e. The molecule has 14 heavy (non-hydrogen) atoms. The van der Waals surface area contributed by atoms with Gasteiger partial charge in [-0.05, 0) is 38.4 Å². The number of aromatic nitrogens is 1. The van der Waals surface area contributed by atoms with E-state index in [1.54, 1.807) is 11.3 Å². The summed E-state index contributed by atoms with van der Waals surface area (Å²) in [6, 6.07) is 0. The van der Waals surface area contributed by atoms with Crippen molar-refractivity contribution in [2.24, 2.45) is 0 Å². The van der Waals surface area contributed by atoms with Crippen LogP contribution in [0.25, 0.3) is 0 Å². The van der Waals surface area contributed by atoms with Gasteiger partial charge in [0.25, 0.3) is 0 Å². The second-order valence-electron chi connectivity index (χ2n) is 3.81.